The highest BCUT2D eigenvalue weighted by Gasteiger charge is 2.29. The van der Waals surface area contributed by atoms with Crippen LogP contribution in [-0.4, -0.2) is 26.2 Å². The summed E-state index contributed by atoms with van der Waals surface area (Å²) < 4.78 is 1.58. The van der Waals surface area contributed by atoms with Gasteiger partial charge < -0.3 is 20.3 Å². The third-order valence-electron chi connectivity index (χ3n) is 5.98. The van der Waals surface area contributed by atoms with E-state index in [0.717, 1.165) is 42.3 Å². The van der Waals surface area contributed by atoms with Crippen molar-refractivity contribution in [3.8, 4) is 6.07 Å². The van der Waals surface area contributed by atoms with Gasteiger partial charge in [0.1, 0.15) is 16.8 Å². The van der Waals surface area contributed by atoms with Crippen LogP contribution in [0, 0.1) is 11.3 Å². The number of rotatable bonds is 5. The average Bonchev–Trinajstić information content (AvgIpc) is 3.17. The number of nitrogens with zero attached hydrogens (tertiary/aromatic N) is 3. The molecule has 1 aromatic carbocycles. The highest BCUT2D eigenvalue weighted by molar-refractivity contribution is 6.31. The van der Waals surface area contributed by atoms with Crippen LogP contribution in [0.4, 0.5) is 17.1 Å². The molecule has 32 heavy (non-hydrogen) atoms. The van der Waals surface area contributed by atoms with Gasteiger partial charge in [0.2, 0.25) is 0 Å². The first-order valence-electron chi connectivity index (χ1n) is 10.2. The van der Waals surface area contributed by atoms with Crippen LogP contribution in [0.2, 0.25) is 5.15 Å². The molecular weight excluding hydrogens is 430 g/mol. The summed E-state index contributed by atoms with van der Waals surface area (Å²) >= 11 is 6.03. The normalized spacial score (nSPS) is 14.8. The number of pyridine rings is 2. The van der Waals surface area contributed by atoms with E-state index in [2.05, 4.69) is 22.5 Å². The lowest BCUT2D eigenvalue weighted by molar-refractivity contribution is 0.0690. The summed E-state index contributed by atoms with van der Waals surface area (Å²) in [4.78, 5) is 27.6. The van der Waals surface area contributed by atoms with Gasteiger partial charge in [-0.15, -0.1) is 0 Å². The highest BCUT2D eigenvalue weighted by atomic mass is 35.5. The third-order valence-corrected chi connectivity index (χ3v) is 6.25. The van der Waals surface area contributed by atoms with Gasteiger partial charge in [0.15, 0.2) is 5.69 Å². The topological polar surface area (TPSA) is 120 Å². The molecule has 0 saturated heterocycles. The Kier molecular flexibility index (Phi) is 5.53. The van der Waals surface area contributed by atoms with Gasteiger partial charge in [0, 0.05) is 35.4 Å². The Morgan fingerprint density at radius 3 is 2.62 bits per heavy atom. The molecule has 1 aliphatic carbocycles. The maximum absolute atomic E-state index is 12.5. The number of aromatic nitrogens is 2. The lowest BCUT2D eigenvalue weighted by Gasteiger charge is -2.28. The molecule has 4 rings (SSSR count). The zero-order chi connectivity index (χ0) is 23.0. The lowest BCUT2D eigenvalue weighted by Crippen LogP contribution is -2.32. The SMILES string of the molecule is Cn1c(=O)cc(NC2(C)CCCC2)c2cc(Nc3cc(C(=O)O)nc(Cl)c3C#N)ccc21. The van der Waals surface area contributed by atoms with Gasteiger partial charge in [0.05, 0.1) is 11.2 Å². The summed E-state index contributed by atoms with van der Waals surface area (Å²) in [6.07, 6.45) is 4.34. The van der Waals surface area contributed by atoms with Crippen LogP contribution in [0.1, 0.15) is 48.7 Å². The van der Waals surface area contributed by atoms with Crippen molar-refractivity contribution >= 4 is 45.5 Å². The first-order chi connectivity index (χ1) is 15.2. The van der Waals surface area contributed by atoms with Crippen LogP contribution in [-0.2, 0) is 7.05 Å². The first-order valence-corrected chi connectivity index (χ1v) is 10.6. The number of nitriles is 1. The van der Waals surface area contributed by atoms with Crippen molar-refractivity contribution in [3.05, 3.63) is 57.1 Å². The molecule has 1 saturated carbocycles. The fourth-order valence-electron chi connectivity index (χ4n) is 4.23. The molecule has 1 fully saturated rings. The number of aryl methyl sites for hydroxylation is 1. The van der Waals surface area contributed by atoms with E-state index in [1.807, 2.05) is 18.2 Å². The number of carboxylic acids is 1. The minimum absolute atomic E-state index is 0.0500. The van der Waals surface area contributed by atoms with Crippen molar-refractivity contribution < 1.29 is 9.90 Å². The molecule has 9 heteroatoms. The average molecular weight is 452 g/mol. The van der Waals surface area contributed by atoms with Crippen molar-refractivity contribution in [2.75, 3.05) is 10.6 Å². The van der Waals surface area contributed by atoms with Gasteiger partial charge in [-0.2, -0.15) is 5.26 Å². The lowest BCUT2D eigenvalue weighted by atomic mass is 9.99. The molecule has 8 nitrogen and oxygen atoms in total. The first kappa shape index (κ1) is 21.7. The summed E-state index contributed by atoms with van der Waals surface area (Å²) in [5, 5.41) is 26.1. The molecular formula is C23H22ClN5O3. The highest BCUT2D eigenvalue weighted by Crippen LogP contribution is 2.35. The Balaban J connectivity index is 1.81. The number of aromatic carboxylic acids is 1. The molecule has 0 amide bonds. The number of fused-ring (bicyclic) bond motifs is 1. The summed E-state index contributed by atoms with van der Waals surface area (Å²) in [6.45, 7) is 2.16. The molecule has 0 atom stereocenters. The molecule has 0 unspecified atom stereocenters. The molecule has 0 aliphatic heterocycles. The molecule has 0 radical (unpaired) electrons. The summed E-state index contributed by atoms with van der Waals surface area (Å²) in [7, 11) is 1.72. The second-order valence-corrected chi connectivity index (χ2v) is 8.70. The molecule has 2 aromatic heterocycles. The van der Waals surface area contributed by atoms with E-state index >= 15 is 0 Å². The second-order valence-electron chi connectivity index (χ2n) is 8.34. The standard InChI is InChI=1S/C23H22ClN5O3/c1-23(7-3-4-8-23)28-17-11-20(30)29(2)19-6-5-13(9-14(17)19)26-16-10-18(22(31)32)27-21(24)15(16)12-25/h5-6,9-11,28H,3-4,7-8H2,1-2H3,(H,26,27)(H,31,32). The van der Waals surface area contributed by atoms with E-state index in [9.17, 15) is 20.0 Å². The molecule has 0 bridgehead atoms. The zero-order valence-corrected chi connectivity index (χ0v) is 18.5. The van der Waals surface area contributed by atoms with E-state index in [1.54, 1.807) is 23.7 Å². The van der Waals surface area contributed by atoms with E-state index in [1.165, 1.54) is 6.07 Å². The maximum atomic E-state index is 12.5. The van der Waals surface area contributed by atoms with Crippen LogP contribution < -0.4 is 16.2 Å². The van der Waals surface area contributed by atoms with Crippen molar-refractivity contribution in [3.63, 3.8) is 0 Å². The van der Waals surface area contributed by atoms with Gasteiger partial charge in [-0.05, 0) is 44.0 Å². The van der Waals surface area contributed by atoms with Crippen molar-refractivity contribution in [1.82, 2.24) is 9.55 Å². The summed E-state index contributed by atoms with van der Waals surface area (Å²) in [5.41, 5.74) is 1.96. The van der Waals surface area contributed by atoms with Crippen LogP contribution >= 0.6 is 11.6 Å². The Morgan fingerprint density at radius 1 is 1.25 bits per heavy atom. The van der Waals surface area contributed by atoms with E-state index in [-0.39, 0.29) is 33.2 Å². The van der Waals surface area contributed by atoms with Gasteiger partial charge in [-0.1, -0.05) is 24.4 Å². The van der Waals surface area contributed by atoms with Crippen LogP contribution in [0.25, 0.3) is 10.9 Å². The molecule has 3 N–H and O–H groups in total. The Hall–Kier alpha value is -3.57. The molecule has 3 aromatic rings. The third kappa shape index (κ3) is 3.99. The van der Waals surface area contributed by atoms with Crippen LogP contribution in [0.15, 0.2) is 35.1 Å². The van der Waals surface area contributed by atoms with Crippen molar-refractivity contribution in [1.29, 1.82) is 5.26 Å². The number of carbonyl (C=O) groups is 1. The van der Waals surface area contributed by atoms with Crippen molar-refractivity contribution in [2.24, 2.45) is 7.05 Å². The molecule has 1 aliphatic rings. The number of hydrogen-bond acceptors (Lipinski definition) is 6. The van der Waals surface area contributed by atoms with Crippen LogP contribution in [0.3, 0.4) is 0 Å². The number of nitrogens with one attached hydrogen (secondary N) is 2. The van der Waals surface area contributed by atoms with Gasteiger partial charge in [-0.25, -0.2) is 9.78 Å². The number of hydrogen-bond donors (Lipinski definition) is 3. The summed E-state index contributed by atoms with van der Waals surface area (Å²) in [5.74, 6) is -1.25. The number of halogens is 1. The minimum atomic E-state index is -1.25. The monoisotopic (exact) mass is 451 g/mol. The van der Waals surface area contributed by atoms with Crippen molar-refractivity contribution in [2.45, 2.75) is 38.1 Å². The Morgan fingerprint density at radius 2 is 1.97 bits per heavy atom. The van der Waals surface area contributed by atoms with Crippen LogP contribution in [0.5, 0.6) is 0 Å². The molecule has 0 spiro atoms. The quantitative estimate of drug-likeness (QED) is 0.483. The predicted octanol–water partition coefficient (Wildman–Crippen LogP) is 4.64. The zero-order valence-electron chi connectivity index (χ0n) is 17.7. The number of benzene rings is 1. The fraction of sp³-hybridized carbons (Fsp3) is 0.304. The largest absolute Gasteiger partial charge is 0.477 e. The van der Waals surface area contributed by atoms with Gasteiger partial charge >= 0.3 is 5.97 Å². The van der Waals surface area contributed by atoms with E-state index in [0.29, 0.717) is 5.69 Å². The Bertz CT molecular complexity index is 1340. The van der Waals surface area contributed by atoms with Gasteiger partial charge in [-0.3, -0.25) is 4.79 Å². The smallest absolute Gasteiger partial charge is 0.354 e. The predicted molar refractivity (Wildman–Crippen MR) is 124 cm³/mol. The molecule has 2 heterocycles. The number of carboxylic acid groups (broad SMARTS) is 1. The fourth-order valence-corrected chi connectivity index (χ4v) is 4.47. The summed E-state index contributed by atoms with van der Waals surface area (Å²) in [6, 6.07) is 10.3. The van der Waals surface area contributed by atoms with E-state index in [4.69, 9.17) is 11.6 Å². The molecule has 164 valence electrons. The maximum Gasteiger partial charge on any atom is 0.354 e. The number of anilines is 3. The second kappa shape index (κ2) is 8.17. The Labute approximate surface area is 189 Å². The minimum Gasteiger partial charge on any atom is -0.477 e. The van der Waals surface area contributed by atoms with Gasteiger partial charge in [0.25, 0.3) is 5.56 Å². The van der Waals surface area contributed by atoms with E-state index < -0.39 is 5.97 Å².